The van der Waals surface area contributed by atoms with Crippen LogP contribution in [-0.4, -0.2) is 21.7 Å². The third-order valence-corrected chi connectivity index (χ3v) is 4.08. The number of hydrogen-bond donors (Lipinski definition) is 1. The lowest BCUT2D eigenvalue weighted by molar-refractivity contribution is 0.0949. The van der Waals surface area contributed by atoms with E-state index in [2.05, 4.69) is 10.4 Å². The van der Waals surface area contributed by atoms with Gasteiger partial charge in [0.15, 0.2) is 0 Å². The molecule has 0 radical (unpaired) electrons. The molecule has 1 fully saturated rings. The number of halogens is 1. The van der Waals surface area contributed by atoms with Gasteiger partial charge >= 0.3 is 0 Å². The number of rotatable bonds is 5. The Hall–Kier alpha value is -2.17. The number of nitrogens with zero attached hydrogens (tertiary/aromatic N) is 2. The van der Waals surface area contributed by atoms with Gasteiger partial charge in [0.25, 0.3) is 5.91 Å². The second-order valence-corrected chi connectivity index (χ2v) is 6.35. The van der Waals surface area contributed by atoms with Crippen LogP contribution >= 0.6 is 0 Å². The Balaban J connectivity index is 2.11. The highest BCUT2D eigenvalue weighted by atomic mass is 19.1. The molecule has 1 aliphatic carbocycles. The van der Waals surface area contributed by atoms with Gasteiger partial charge in [0.1, 0.15) is 5.82 Å². The number of amides is 1. The average molecular weight is 315 g/mol. The Labute approximate surface area is 135 Å². The van der Waals surface area contributed by atoms with Crippen LogP contribution in [0, 0.1) is 5.82 Å². The number of carbonyl (C=O) groups is 1. The topological polar surface area (TPSA) is 46.9 Å². The van der Waals surface area contributed by atoms with Crippen LogP contribution < -0.4 is 5.32 Å². The Morgan fingerprint density at radius 2 is 2.17 bits per heavy atom. The largest absolute Gasteiger partial charge is 0.349 e. The highest BCUT2D eigenvalue weighted by Gasteiger charge is 2.29. The van der Waals surface area contributed by atoms with Crippen molar-refractivity contribution in [3.8, 4) is 5.69 Å². The molecule has 0 saturated heterocycles. The van der Waals surface area contributed by atoms with Crippen LogP contribution in [-0.2, 0) is 6.42 Å². The summed E-state index contributed by atoms with van der Waals surface area (Å²) < 4.78 is 15.3. The smallest absolute Gasteiger partial charge is 0.255 e. The monoisotopic (exact) mass is 315 g/mol. The molecule has 122 valence electrons. The molecule has 1 amide bonds. The number of hydrogen-bond acceptors (Lipinski definition) is 2. The first-order valence-corrected chi connectivity index (χ1v) is 8.19. The summed E-state index contributed by atoms with van der Waals surface area (Å²) in [6, 6.07) is 6.61. The van der Waals surface area contributed by atoms with Gasteiger partial charge in [-0.1, -0.05) is 26.8 Å². The third-order valence-electron chi connectivity index (χ3n) is 4.08. The number of nitrogens with one attached hydrogen (secondary N) is 1. The van der Waals surface area contributed by atoms with Gasteiger partial charge < -0.3 is 5.32 Å². The highest BCUT2D eigenvalue weighted by molar-refractivity contribution is 5.97. The Kier molecular flexibility index (Phi) is 4.20. The minimum absolute atomic E-state index is 0.0595. The predicted molar refractivity (Wildman–Crippen MR) is 87.5 cm³/mol. The maximum Gasteiger partial charge on any atom is 0.255 e. The maximum atomic E-state index is 13.6. The van der Waals surface area contributed by atoms with Crippen molar-refractivity contribution in [1.82, 2.24) is 15.1 Å². The van der Waals surface area contributed by atoms with E-state index >= 15 is 0 Å². The fourth-order valence-corrected chi connectivity index (χ4v) is 2.76. The Bertz CT molecular complexity index is 732. The van der Waals surface area contributed by atoms with Crippen molar-refractivity contribution in [2.45, 2.75) is 52.0 Å². The molecule has 3 rings (SSSR count). The van der Waals surface area contributed by atoms with Crippen molar-refractivity contribution < 1.29 is 9.18 Å². The summed E-state index contributed by atoms with van der Waals surface area (Å²) in [4.78, 5) is 12.7. The van der Waals surface area contributed by atoms with E-state index in [1.807, 2.05) is 26.8 Å². The van der Waals surface area contributed by atoms with E-state index in [0.717, 1.165) is 24.2 Å². The van der Waals surface area contributed by atoms with Crippen molar-refractivity contribution in [2.24, 2.45) is 0 Å². The fraction of sp³-hybridized carbons (Fsp3) is 0.444. The molecule has 0 spiro atoms. The van der Waals surface area contributed by atoms with Gasteiger partial charge in [-0.25, -0.2) is 9.07 Å². The van der Waals surface area contributed by atoms with Crippen LogP contribution in [0.3, 0.4) is 0 Å². The molecule has 2 aromatic rings. The number of aromatic nitrogens is 2. The molecule has 0 unspecified atom stereocenters. The summed E-state index contributed by atoms with van der Waals surface area (Å²) in [7, 11) is 0. The van der Waals surface area contributed by atoms with Crippen LogP contribution in [0.5, 0.6) is 0 Å². The van der Waals surface area contributed by atoms with Gasteiger partial charge in [-0.15, -0.1) is 0 Å². The quantitative estimate of drug-likeness (QED) is 0.916. The lowest BCUT2D eigenvalue weighted by Gasteiger charge is -2.09. The second-order valence-electron chi connectivity index (χ2n) is 6.35. The van der Waals surface area contributed by atoms with Gasteiger partial charge in [-0.05, 0) is 43.4 Å². The van der Waals surface area contributed by atoms with Crippen LogP contribution in [0.15, 0.2) is 24.3 Å². The molecule has 1 aliphatic rings. The van der Waals surface area contributed by atoms with Gasteiger partial charge in [-0.3, -0.25) is 4.79 Å². The molecule has 0 bridgehead atoms. The highest BCUT2D eigenvalue weighted by Crippen LogP contribution is 2.27. The molecule has 4 nitrogen and oxygen atoms in total. The molecule has 5 heteroatoms. The minimum atomic E-state index is -0.310. The van der Waals surface area contributed by atoms with E-state index in [9.17, 15) is 9.18 Å². The second kappa shape index (κ2) is 6.14. The van der Waals surface area contributed by atoms with Crippen molar-refractivity contribution in [1.29, 1.82) is 0 Å². The first kappa shape index (κ1) is 15.7. The summed E-state index contributed by atoms with van der Waals surface area (Å²) in [5, 5.41) is 7.68. The van der Waals surface area contributed by atoms with Crippen molar-refractivity contribution in [3.05, 3.63) is 47.0 Å². The zero-order valence-electron chi connectivity index (χ0n) is 13.8. The molecule has 1 saturated carbocycles. The molecular weight excluding hydrogens is 293 g/mol. The molecule has 1 N–H and O–H groups in total. The molecular formula is C18H22FN3O. The van der Waals surface area contributed by atoms with Gasteiger partial charge in [-0.2, -0.15) is 5.10 Å². The fourth-order valence-electron chi connectivity index (χ4n) is 2.76. The lowest BCUT2D eigenvalue weighted by Crippen LogP contribution is -2.27. The standard InChI is InChI=1S/C18H22FN3O/c1-4-15-16(18(23)20-13-8-9-13)17(11(2)3)21-22(15)14-7-5-6-12(19)10-14/h5-7,10-11,13H,4,8-9H2,1-3H3,(H,20,23). The predicted octanol–water partition coefficient (Wildman–Crippen LogP) is 3.59. The molecule has 0 atom stereocenters. The van der Waals surface area contributed by atoms with Gasteiger partial charge in [0.2, 0.25) is 0 Å². The summed E-state index contributed by atoms with van der Waals surface area (Å²) in [5.74, 6) is -0.249. The summed E-state index contributed by atoms with van der Waals surface area (Å²) >= 11 is 0. The number of carbonyl (C=O) groups excluding carboxylic acids is 1. The molecule has 23 heavy (non-hydrogen) atoms. The summed E-state index contributed by atoms with van der Waals surface area (Å²) in [6.07, 6.45) is 2.74. The van der Waals surface area contributed by atoms with Crippen LogP contribution in [0.1, 0.15) is 61.3 Å². The summed E-state index contributed by atoms with van der Waals surface area (Å²) in [5.41, 5.74) is 2.90. The van der Waals surface area contributed by atoms with Gasteiger partial charge in [0, 0.05) is 6.04 Å². The molecule has 1 heterocycles. The summed E-state index contributed by atoms with van der Waals surface area (Å²) in [6.45, 7) is 6.03. The molecule has 1 aromatic carbocycles. The van der Waals surface area contributed by atoms with Gasteiger partial charge in [0.05, 0.1) is 22.6 Å². The Morgan fingerprint density at radius 3 is 2.74 bits per heavy atom. The van der Waals surface area contributed by atoms with E-state index in [1.165, 1.54) is 12.1 Å². The van der Waals surface area contributed by atoms with E-state index in [1.54, 1.807) is 10.7 Å². The van der Waals surface area contributed by atoms with Crippen molar-refractivity contribution in [3.63, 3.8) is 0 Å². The first-order chi connectivity index (χ1) is 11.0. The van der Waals surface area contributed by atoms with Crippen LogP contribution in [0.2, 0.25) is 0 Å². The molecule has 0 aliphatic heterocycles. The van der Waals surface area contributed by atoms with Crippen LogP contribution in [0.25, 0.3) is 5.69 Å². The third kappa shape index (κ3) is 3.14. The lowest BCUT2D eigenvalue weighted by atomic mass is 10.0. The minimum Gasteiger partial charge on any atom is -0.349 e. The zero-order valence-corrected chi connectivity index (χ0v) is 13.8. The average Bonchev–Trinajstić information content (AvgIpc) is 3.23. The van der Waals surface area contributed by atoms with Crippen LogP contribution in [0.4, 0.5) is 4.39 Å². The SMILES string of the molecule is CCc1c(C(=O)NC2CC2)c(C(C)C)nn1-c1cccc(F)c1. The van der Waals surface area contributed by atoms with E-state index < -0.39 is 0 Å². The maximum absolute atomic E-state index is 13.6. The normalized spacial score (nSPS) is 14.3. The van der Waals surface area contributed by atoms with Crippen molar-refractivity contribution in [2.75, 3.05) is 0 Å². The van der Waals surface area contributed by atoms with E-state index in [4.69, 9.17) is 0 Å². The number of benzene rings is 1. The molecule has 1 aromatic heterocycles. The zero-order chi connectivity index (χ0) is 16.6. The first-order valence-electron chi connectivity index (χ1n) is 8.19. The van der Waals surface area contributed by atoms with E-state index in [-0.39, 0.29) is 17.6 Å². The van der Waals surface area contributed by atoms with Crippen molar-refractivity contribution >= 4 is 5.91 Å². The Morgan fingerprint density at radius 1 is 1.43 bits per heavy atom. The van der Waals surface area contributed by atoms with E-state index in [0.29, 0.717) is 23.7 Å².